The first-order valence-corrected chi connectivity index (χ1v) is 6.87. The zero-order valence-electron chi connectivity index (χ0n) is 12.7. The maximum atomic E-state index is 12.7. The molecule has 20 heavy (non-hydrogen) atoms. The molecule has 0 aromatic heterocycles. The minimum absolute atomic E-state index is 0.0217. The average Bonchev–Trinajstić information content (AvgIpc) is 2.40. The highest BCUT2D eigenvalue weighted by Crippen LogP contribution is 2.26. The van der Waals surface area contributed by atoms with Crippen molar-refractivity contribution in [1.82, 2.24) is 4.90 Å². The van der Waals surface area contributed by atoms with Gasteiger partial charge in [-0.2, -0.15) is 0 Å². The Labute approximate surface area is 120 Å². The summed E-state index contributed by atoms with van der Waals surface area (Å²) in [6.07, 6.45) is 0. The number of anilines is 1. The number of ether oxygens (including phenoxy) is 2. The van der Waals surface area contributed by atoms with Gasteiger partial charge in [-0.05, 0) is 32.9 Å². The number of likely N-dealkylation sites (N-methyl/N-ethyl adjacent to an activating group) is 1. The van der Waals surface area contributed by atoms with E-state index in [0.29, 0.717) is 36.8 Å². The largest absolute Gasteiger partial charge is 0.493 e. The van der Waals surface area contributed by atoms with Gasteiger partial charge in [0.05, 0.1) is 19.3 Å². The van der Waals surface area contributed by atoms with E-state index in [-0.39, 0.29) is 11.9 Å². The second kappa shape index (κ2) is 7.75. The molecule has 1 atom stereocenters. The van der Waals surface area contributed by atoms with E-state index in [2.05, 4.69) is 0 Å². The molecule has 1 amide bonds. The van der Waals surface area contributed by atoms with Gasteiger partial charge in [0.15, 0.2) is 0 Å². The lowest BCUT2D eigenvalue weighted by Crippen LogP contribution is -2.41. The molecule has 1 rings (SSSR count). The Hall–Kier alpha value is -1.75. The Bertz CT molecular complexity index is 449. The van der Waals surface area contributed by atoms with Crippen molar-refractivity contribution in [3.8, 4) is 5.75 Å². The Morgan fingerprint density at radius 2 is 2.10 bits per heavy atom. The van der Waals surface area contributed by atoms with Crippen LogP contribution in [0.5, 0.6) is 5.75 Å². The molecule has 0 bridgehead atoms. The standard InChI is InChI=1S/C15H24N2O3/c1-5-17(11(3)10-19-4)15(18)14-12(16)8-7-9-13(14)20-6-2/h7-9,11H,5-6,10,16H2,1-4H3. The van der Waals surface area contributed by atoms with Gasteiger partial charge in [0.2, 0.25) is 0 Å². The SMILES string of the molecule is CCOc1cccc(N)c1C(=O)N(CC)C(C)COC. The van der Waals surface area contributed by atoms with Gasteiger partial charge in [-0.25, -0.2) is 0 Å². The molecule has 5 nitrogen and oxygen atoms in total. The lowest BCUT2D eigenvalue weighted by molar-refractivity contribution is 0.0576. The summed E-state index contributed by atoms with van der Waals surface area (Å²) < 4.78 is 10.6. The first kappa shape index (κ1) is 16.3. The number of hydrogen-bond donors (Lipinski definition) is 1. The van der Waals surface area contributed by atoms with Crippen molar-refractivity contribution in [2.75, 3.05) is 32.6 Å². The van der Waals surface area contributed by atoms with Gasteiger partial charge in [-0.3, -0.25) is 4.79 Å². The fourth-order valence-corrected chi connectivity index (χ4v) is 2.18. The predicted octanol–water partition coefficient (Wildman–Crippen LogP) is 2.16. The minimum atomic E-state index is -0.126. The number of hydrogen-bond acceptors (Lipinski definition) is 4. The summed E-state index contributed by atoms with van der Waals surface area (Å²) in [7, 11) is 1.62. The number of carbonyl (C=O) groups excluding carboxylic acids is 1. The third-order valence-corrected chi connectivity index (χ3v) is 3.11. The summed E-state index contributed by atoms with van der Waals surface area (Å²) in [4.78, 5) is 14.5. The van der Waals surface area contributed by atoms with Gasteiger partial charge < -0.3 is 20.1 Å². The van der Waals surface area contributed by atoms with E-state index in [1.54, 1.807) is 30.2 Å². The molecule has 0 saturated heterocycles. The van der Waals surface area contributed by atoms with Crippen molar-refractivity contribution in [3.05, 3.63) is 23.8 Å². The smallest absolute Gasteiger partial charge is 0.260 e. The van der Waals surface area contributed by atoms with E-state index >= 15 is 0 Å². The van der Waals surface area contributed by atoms with Crippen LogP contribution in [0.3, 0.4) is 0 Å². The number of carbonyl (C=O) groups is 1. The first-order chi connectivity index (χ1) is 9.56. The summed E-state index contributed by atoms with van der Waals surface area (Å²) in [6, 6.07) is 5.24. The molecule has 0 fully saturated rings. The van der Waals surface area contributed by atoms with Crippen LogP contribution in [0.2, 0.25) is 0 Å². The summed E-state index contributed by atoms with van der Waals surface area (Å²) >= 11 is 0. The number of benzene rings is 1. The Morgan fingerprint density at radius 1 is 1.40 bits per heavy atom. The Morgan fingerprint density at radius 3 is 2.65 bits per heavy atom. The zero-order chi connectivity index (χ0) is 15.1. The highest BCUT2D eigenvalue weighted by molar-refractivity contribution is 6.02. The number of nitrogen functional groups attached to an aromatic ring is 1. The van der Waals surface area contributed by atoms with Gasteiger partial charge in [-0.15, -0.1) is 0 Å². The summed E-state index contributed by atoms with van der Waals surface area (Å²) in [5.74, 6) is 0.402. The fraction of sp³-hybridized carbons (Fsp3) is 0.533. The van der Waals surface area contributed by atoms with Gasteiger partial charge in [0.1, 0.15) is 11.3 Å². The highest BCUT2D eigenvalue weighted by atomic mass is 16.5. The number of nitrogens with zero attached hydrogens (tertiary/aromatic N) is 1. The quantitative estimate of drug-likeness (QED) is 0.777. The molecule has 1 aromatic rings. The van der Waals surface area contributed by atoms with E-state index in [0.717, 1.165) is 0 Å². The van der Waals surface area contributed by atoms with E-state index < -0.39 is 0 Å². The molecule has 0 radical (unpaired) electrons. The average molecular weight is 280 g/mol. The van der Waals surface area contributed by atoms with Crippen molar-refractivity contribution in [3.63, 3.8) is 0 Å². The van der Waals surface area contributed by atoms with Crippen molar-refractivity contribution in [2.45, 2.75) is 26.8 Å². The maximum Gasteiger partial charge on any atom is 0.260 e. The molecule has 1 unspecified atom stereocenters. The molecule has 0 aliphatic carbocycles. The number of amides is 1. The Balaban J connectivity index is 3.11. The lowest BCUT2D eigenvalue weighted by atomic mass is 10.1. The van der Waals surface area contributed by atoms with Crippen molar-refractivity contribution in [1.29, 1.82) is 0 Å². The topological polar surface area (TPSA) is 64.8 Å². The van der Waals surface area contributed by atoms with Crippen LogP contribution < -0.4 is 10.5 Å². The van der Waals surface area contributed by atoms with Crippen LogP contribution in [0.15, 0.2) is 18.2 Å². The molecular weight excluding hydrogens is 256 g/mol. The van der Waals surface area contributed by atoms with Crippen LogP contribution in [0.25, 0.3) is 0 Å². The number of methoxy groups -OCH3 is 1. The van der Waals surface area contributed by atoms with E-state index in [1.165, 1.54) is 0 Å². The van der Waals surface area contributed by atoms with Crippen LogP contribution >= 0.6 is 0 Å². The molecular formula is C15H24N2O3. The third-order valence-electron chi connectivity index (χ3n) is 3.11. The van der Waals surface area contributed by atoms with Crippen molar-refractivity contribution < 1.29 is 14.3 Å². The molecule has 1 aromatic carbocycles. The second-order valence-electron chi connectivity index (χ2n) is 4.55. The predicted molar refractivity (Wildman–Crippen MR) is 80.1 cm³/mol. The van der Waals surface area contributed by atoms with Gasteiger partial charge >= 0.3 is 0 Å². The zero-order valence-corrected chi connectivity index (χ0v) is 12.7. The summed E-state index contributed by atoms with van der Waals surface area (Å²) in [6.45, 7) is 7.32. The van der Waals surface area contributed by atoms with E-state index in [1.807, 2.05) is 20.8 Å². The highest BCUT2D eigenvalue weighted by Gasteiger charge is 2.24. The molecule has 0 saturated carbocycles. The summed E-state index contributed by atoms with van der Waals surface area (Å²) in [5.41, 5.74) is 6.82. The van der Waals surface area contributed by atoms with Crippen LogP contribution in [0.4, 0.5) is 5.69 Å². The maximum absolute atomic E-state index is 12.7. The molecule has 0 aliphatic heterocycles. The molecule has 0 aliphatic rings. The number of rotatable bonds is 7. The van der Waals surface area contributed by atoms with Crippen LogP contribution in [-0.4, -0.2) is 43.7 Å². The van der Waals surface area contributed by atoms with Crippen LogP contribution in [0, 0.1) is 0 Å². The van der Waals surface area contributed by atoms with E-state index in [4.69, 9.17) is 15.2 Å². The monoisotopic (exact) mass is 280 g/mol. The molecule has 5 heteroatoms. The first-order valence-electron chi connectivity index (χ1n) is 6.87. The van der Waals surface area contributed by atoms with E-state index in [9.17, 15) is 4.79 Å². The minimum Gasteiger partial charge on any atom is -0.493 e. The third kappa shape index (κ3) is 3.63. The molecule has 2 N–H and O–H groups in total. The Kier molecular flexibility index (Phi) is 6.31. The second-order valence-corrected chi connectivity index (χ2v) is 4.55. The van der Waals surface area contributed by atoms with Crippen molar-refractivity contribution >= 4 is 11.6 Å². The van der Waals surface area contributed by atoms with Crippen molar-refractivity contribution in [2.24, 2.45) is 0 Å². The van der Waals surface area contributed by atoms with Gasteiger partial charge in [0, 0.05) is 19.3 Å². The molecule has 0 heterocycles. The van der Waals surface area contributed by atoms with Crippen LogP contribution in [0.1, 0.15) is 31.1 Å². The molecule has 0 spiro atoms. The lowest BCUT2D eigenvalue weighted by Gasteiger charge is -2.28. The van der Waals surface area contributed by atoms with Gasteiger partial charge in [-0.1, -0.05) is 6.07 Å². The van der Waals surface area contributed by atoms with Gasteiger partial charge in [0.25, 0.3) is 5.91 Å². The normalized spacial score (nSPS) is 12.0. The summed E-state index contributed by atoms with van der Waals surface area (Å²) in [5, 5.41) is 0. The fourth-order valence-electron chi connectivity index (χ4n) is 2.18. The number of nitrogens with two attached hydrogens (primary N) is 1. The molecule has 112 valence electrons. The van der Waals surface area contributed by atoms with Crippen LogP contribution in [-0.2, 0) is 4.74 Å².